The lowest BCUT2D eigenvalue weighted by Crippen LogP contribution is -2.58. The van der Waals surface area contributed by atoms with Gasteiger partial charge in [0.1, 0.15) is 35.7 Å². The van der Waals surface area contributed by atoms with Gasteiger partial charge in [-0.3, -0.25) is 19.2 Å². The Bertz CT molecular complexity index is 1960. The molecule has 0 saturated carbocycles. The van der Waals surface area contributed by atoms with Crippen molar-refractivity contribution < 1.29 is 72.4 Å². The second-order valence-electron chi connectivity index (χ2n) is 16.5. The number of carbonyl (C=O) groups excluding carboxylic acids is 4. The lowest BCUT2D eigenvalue weighted by molar-refractivity contribution is -0.324. The molecule has 0 amide bonds. The summed E-state index contributed by atoms with van der Waals surface area (Å²) in [5.74, 6) is -3.56. The second-order valence-corrected chi connectivity index (χ2v) is 16.5. The maximum atomic E-state index is 14.2. The minimum atomic E-state index is -1.70. The van der Waals surface area contributed by atoms with Crippen molar-refractivity contribution in [3.8, 4) is 11.5 Å². The molecule has 7 rings (SSSR count). The average Bonchev–Trinajstić information content (AvgIpc) is 3.19. The van der Waals surface area contributed by atoms with Gasteiger partial charge in [-0.1, -0.05) is 19.1 Å². The second kappa shape index (κ2) is 16.9. The number of benzene rings is 2. The van der Waals surface area contributed by atoms with Crippen LogP contribution in [0.15, 0.2) is 24.3 Å². The summed E-state index contributed by atoms with van der Waals surface area (Å²) in [6.45, 7) is 7.04. The fraction of sp³-hybridized carbons (Fsp3) is 0.628. The third kappa shape index (κ3) is 7.83. The van der Waals surface area contributed by atoms with Gasteiger partial charge in [0, 0.05) is 54.8 Å². The monoisotopic (exact) mass is 825 g/mol. The molecular weight excluding hydrogens is 770 g/mol. The minimum absolute atomic E-state index is 0.00257. The number of rotatable bonds is 10. The zero-order valence-electron chi connectivity index (χ0n) is 34.7. The van der Waals surface area contributed by atoms with Gasteiger partial charge in [-0.05, 0) is 59.0 Å². The van der Waals surface area contributed by atoms with E-state index in [1.165, 1.54) is 38.5 Å². The molecule has 5 aliphatic rings. The zero-order chi connectivity index (χ0) is 42.7. The maximum absolute atomic E-state index is 14.2. The summed E-state index contributed by atoms with van der Waals surface area (Å²) < 4.78 is 48.9. The molecule has 0 bridgehead atoms. The molecule has 16 heteroatoms. The normalized spacial score (nSPS) is 35.8. The van der Waals surface area contributed by atoms with E-state index in [0.29, 0.717) is 12.8 Å². The Balaban J connectivity index is 1.15. The van der Waals surface area contributed by atoms with Crippen LogP contribution in [0.4, 0.5) is 0 Å². The molecule has 3 N–H and O–H groups in total. The van der Waals surface area contributed by atoms with Crippen molar-refractivity contribution >= 4 is 23.3 Å². The molecule has 59 heavy (non-hydrogen) atoms. The zero-order valence-corrected chi connectivity index (χ0v) is 34.7. The number of hydrogen-bond acceptors (Lipinski definition) is 16. The first-order valence-corrected chi connectivity index (χ1v) is 20.3. The van der Waals surface area contributed by atoms with E-state index in [9.17, 15) is 34.5 Å². The van der Waals surface area contributed by atoms with Gasteiger partial charge in [-0.2, -0.15) is 0 Å². The number of carbonyl (C=O) groups is 4. The van der Waals surface area contributed by atoms with Crippen LogP contribution in [-0.4, -0.2) is 139 Å². The van der Waals surface area contributed by atoms with Crippen LogP contribution < -0.4 is 4.74 Å². The van der Waals surface area contributed by atoms with Crippen LogP contribution in [0.2, 0.25) is 0 Å². The van der Waals surface area contributed by atoms with E-state index < -0.39 is 90.7 Å². The smallest absolute Gasteiger partial charge is 0.316 e. The number of ether oxygens (including phenoxy) is 8. The van der Waals surface area contributed by atoms with Gasteiger partial charge in [-0.15, -0.1) is 0 Å². The summed E-state index contributed by atoms with van der Waals surface area (Å²) in [7, 11) is 6.35. The third-order valence-corrected chi connectivity index (χ3v) is 12.6. The SMILES string of the molecule is CC[C@@]1(O)C[C@H](OC2CC(N(C)C)C(OC3CC(O)C(OC4CCC(=O)C(C)O4)C(C)O3)C(C)O2)c2c(cc3c(c2OC)C(=O)c2c(O)cccc2C3=O)[C@H]1C(=O)OC. The molecule has 3 saturated heterocycles. The van der Waals surface area contributed by atoms with Gasteiger partial charge >= 0.3 is 5.97 Å². The highest BCUT2D eigenvalue weighted by Crippen LogP contribution is 2.54. The fourth-order valence-electron chi connectivity index (χ4n) is 9.46. The van der Waals surface area contributed by atoms with Crippen molar-refractivity contribution in [2.24, 2.45) is 0 Å². The van der Waals surface area contributed by atoms with E-state index >= 15 is 0 Å². The molecular formula is C43H55NO15. The number of likely N-dealkylation sites (N-methyl/N-ethyl adjacent to an activating group) is 1. The number of phenolic OH excluding ortho intramolecular Hbond substituents is 1. The van der Waals surface area contributed by atoms with Crippen LogP contribution in [-0.2, 0) is 42.7 Å². The van der Waals surface area contributed by atoms with Crippen LogP contribution in [0.1, 0.15) is 121 Å². The molecule has 2 aromatic carbocycles. The predicted octanol–water partition coefficient (Wildman–Crippen LogP) is 3.46. The number of phenols is 1. The minimum Gasteiger partial charge on any atom is -0.507 e. The van der Waals surface area contributed by atoms with Crippen LogP contribution in [0.5, 0.6) is 11.5 Å². The van der Waals surface area contributed by atoms with Gasteiger partial charge in [0.15, 0.2) is 30.4 Å². The molecule has 2 aliphatic carbocycles. The Kier molecular flexibility index (Phi) is 12.4. The number of aliphatic hydroxyl groups is 2. The molecule has 322 valence electrons. The van der Waals surface area contributed by atoms with Crippen molar-refractivity contribution in [3.05, 3.63) is 57.6 Å². The first kappa shape index (κ1) is 43.3. The first-order chi connectivity index (χ1) is 28.0. The molecule has 0 spiro atoms. The Hall–Kier alpha value is -3.84. The van der Waals surface area contributed by atoms with E-state index in [4.69, 9.17) is 37.9 Å². The summed E-state index contributed by atoms with van der Waals surface area (Å²) >= 11 is 0. The van der Waals surface area contributed by atoms with Gasteiger partial charge < -0.3 is 58.1 Å². The predicted molar refractivity (Wildman–Crippen MR) is 206 cm³/mol. The highest BCUT2D eigenvalue weighted by molar-refractivity contribution is 6.30. The highest BCUT2D eigenvalue weighted by atomic mass is 16.7. The van der Waals surface area contributed by atoms with Crippen LogP contribution in [0.25, 0.3) is 0 Å². The van der Waals surface area contributed by atoms with Crippen molar-refractivity contribution in [3.63, 3.8) is 0 Å². The number of ketones is 3. The third-order valence-electron chi connectivity index (χ3n) is 12.6. The first-order valence-electron chi connectivity index (χ1n) is 20.3. The van der Waals surface area contributed by atoms with Gasteiger partial charge in [0.05, 0.1) is 55.4 Å². The molecule has 3 heterocycles. The quantitative estimate of drug-likeness (QED) is 0.250. The topological polar surface area (TPSA) is 206 Å². The number of nitrogens with zero attached hydrogens (tertiary/aromatic N) is 1. The van der Waals surface area contributed by atoms with Gasteiger partial charge in [-0.25, -0.2) is 0 Å². The highest BCUT2D eigenvalue weighted by Gasteiger charge is 2.54. The Morgan fingerprint density at radius 1 is 0.898 bits per heavy atom. The molecule has 0 radical (unpaired) electrons. The number of aromatic hydroxyl groups is 1. The standard InChI is InChI=1S/C43H55NO15/c1-9-43(51)18-29(34-23(36(43)42(50)53-8)15-24-35(41(34)52-7)38(49)33-22(37(24)48)11-10-12-27(33)46)57-31-16-25(44(5)6)39(20(3)55-31)59-32-17-28(47)40(21(4)56-32)58-30-14-13-26(45)19(2)54-30/h10-12,15,19-21,25,28-32,36,39-40,46-47,51H,9,13-14,16-18H2,1-8H3/t19?,20?,21?,25?,28?,29-,30?,31?,32?,36-,39?,40?,43+/m0/s1. The molecule has 16 nitrogen and oxygen atoms in total. The summed E-state index contributed by atoms with van der Waals surface area (Å²) in [6, 6.07) is 5.38. The van der Waals surface area contributed by atoms with Gasteiger partial charge in [0.2, 0.25) is 5.78 Å². The lowest BCUT2D eigenvalue weighted by atomic mass is 9.67. The van der Waals surface area contributed by atoms with Crippen molar-refractivity contribution in [2.75, 3.05) is 28.3 Å². The summed E-state index contributed by atoms with van der Waals surface area (Å²) in [6.07, 6.45) is -6.14. The summed E-state index contributed by atoms with van der Waals surface area (Å²) in [5.41, 5.74) is -1.49. The summed E-state index contributed by atoms with van der Waals surface area (Å²) in [5, 5.41) is 34.1. The number of methoxy groups -OCH3 is 2. The fourth-order valence-corrected chi connectivity index (χ4v) is 9.46. The Morgan fingerprint density at radius 3 is 2.20 bits per heavy atom. The van der Waals surface area contributed by atoms with E-state index in [-0.39, 0.29) is 82.4 Å². The average molecular weight is 826 g/mol. The number of Topliss-reactive ketones (excluding diaryl/α,β-unsaturated/α-hetero) is 1. The molecule has 0 aromatic heterocycles. The molecule has 2 aromatic rings. The van der Waals surface area contributed by atoms with Crippen LogP contribution >= 0.6 is 0 Å². The summed E-state index contributed by atoms with van der Waals surface area (Å²) in [4.78, 5) is 55.6. The van der Waals surface area contributed by atoms with Gasteiger partial charge in [0.25, 0.3) is 0 Å². The van der Waals surface area contributed by atoms with Crippen molar-refractivity contribution in [2.45, 2.75) is 145 Å². The Morgan fingerprint density at radius 2 is 1.58 bits per heavy atom. The molecule has 13 atom stereocenters. The van der Waals surface area contributed by atoms with Crippen LogP contribution in [0.3, 0.4) is 0 Å². The van der Waals surface area contributed by atoms with Crippen molar-refractivity contribution in [1.82, 2.24) is 4.90 Å². The number of hydrogen-bond donors (Lipinski definition) is 3. The molecule has 3 aliphatic heterocycles. The number of fused-ring (bicyclic) bond motifs is 3. The van der Waals surface area contributed by atoms with E-state index in [0.717, 1.165) is 0 Å². The number of aliphatic hydroxyl groups excluding tert-OH is 1. The van der Waals surface area contributed by atoms with E-state index in [2.05, 4.69) is 0 Å². The lowest BCUT2D eigenvalue weighted by Gasteiger charge is -2.48. The van der Waals surface area contributed by atoms with Crippen LogP contribution in [0, 0.1) is 0 Å². The molecule has 3 fully saturated rings. The van der Waals surface area contributed by atoms with E-state index in [1.54, 1.807) is 20.8 Å². The molecule has 10 unspecified atom stereocenters. The number of esters is 1. The van der Waals surface area contributed by atoms with Crippen molar-refractivity contribution in [1.29, 1.82) is 0 Å². The largest absolute Gasteiger partial charge is 0.507 e. The Labute approximate surface area is 342 Å². The van der Waals surface area contributed by atoms with E-state index in [1.807, 2.05) is 25.9 Å². The maximum Gasteiger partial charge on any atom is 0.316 e.